The first kappa shape index (κ1) is 19.5. The van der Waals surface area contributed by atoms with Gasteiger partial charge in [0.1, 0.15) is 9.84 Å². The highest BCUT2D eigenvalue weighted by molar-refractivity contribution is 7.90. The predicted molar refractivity (Wildman–Crippen MR) is 97.8 cm³/mol. The van der Waals surface area contributed by atoms with Gasteiger partial charge in [-0.25, -0.2) is 8.42 Å². The van der Waals surface area contributed by atoms with Crippen molar-refractivity contribution in [3.8, 4) is 0 Å². The van der Waals surface area contributed by atoms with Gasteiger partial charge in [-0.2, -0.15) is 0 Å². The van der Waals surface area contributed by atoms with Gasteiger partial charge in [-0.15, -0.1) is 0 Å². The van der Waals surface area contributed by atoms with E-state index in [-0.39, 0.29) is 11.8 Å². The van der Waals surface area contributed by atoms with Crippen molar-refractivity contribution in [3.63, 3.8) is 0 Å². The highest BCUT2D eigenvalue weighted by Gasteiger charge is 2.10. The molecule has 2 N–H and O–H groups in total. The van der Waals surface area contributed by atoms with Crippen LogP contribution < -0.4 is 10.6 Å². The van der Waals surface area contributed by atoms with Gasteiger partial charge >= 0.3 is 0 Å². The molecule has 0 bridgehead atoms. The molecule has 0 spiro atoms. The number of aliphatic imine (C=N–C) groups is 1. The van der Waals surface area contributed by atoms with Crippen molar-refractivity contribution in [2.24, 2.45) is 4.99 Å². The Morgan fingerprint density at radius 3 is 2.39 bits per heavy atom. The van der Waals surface area contributed by atoms with Gasteiger partial charge in [-0.1, -0.05) is 37.3 Å². The van der Waals surface area contributed by atoms with Gasteiger partial charge in [0.2, 0.25) is 0 Å². The highest BCUT2D eigenvalue weighted by Crippen LogP contribution is 2.17. The summed E-state index contributed by atoms with van der Waals surface area (Å²) in [4.78, 5) is 4.19. The Kier molecular flexibility index (Phi) is 8.09. The summed E-state index contributed by atoms with van der Waals surface area (Å²) in [5.41, 5.74) is 1.33. The quantitative estimate of drug-likeness (QED) is 0.562. The molecule has 0 aliphatic heterocycles. The van der Waals surface area contributed by atoms with Gasteiger partial charge < -0.3 is 10.6 Å². The van der Waals surface area contributed by atoms with E-state index in [1.54, 1.807) is 7.05 Å². The molecule has 0 saturated carbocycles. The second-order valence-corrected chi connectivity index (χ2v) is 8.32. The van der Waals surface area contributed by atoms with E-state index < -0.39 is 9.84 Å². The number of benzene rings is 1. The molecule has 2 atom stereocenters. The van der Waals surface area contributed by atoms with Crippen molar-refractivity contribution in [2.75, 3.05) is 25.6 Å². The summed E-state index contributed by atoms with van der Waals surface area (Å²) in [7, 11) is -1.20. The molecule has 6 heteroatoms. The van der Waals surface area contributed by atoms with Gasteiger partial charge in [0.25, 0.3) is 0 Å². The second kappa shape index (κ2) is 9.55. The monoisotopic (exact) mass is 339 g/mol. The molecule has 0 fully saturated rings. The average molecular weight is 340 g/mol. The Hall–Kier alpha value is -1.56. The van der Waals surface area contributed by atoms with Crippen LogP contribution in [0.4, 0.5) is 0 Å². The number of sulfone groups is 1. The fourth-order valence-corrected chi connectivity index (χ4v) is 3.03. The minimum atomic E-state index is -2.92. The smallest absolute Gasteiger partial charge is 0.191 e. The zero-order valence-corrected chi connectivity index (χ0v) is 15.4. The predicted octanol–water partition coefficient (Wildman–Crippen LogP) is 2.17. The molecular weight excluding hydrogens is 310 g/mol. The lowest BCUT2D eigenvalue weighted by Gasteiger charge is -2.19. The summed E-state index contributed by atoms with van der Waals surface area (Å²) in [6, 6.07) is 10.5. The van der Waals surface area contributed by atoms with Crippen molar-refractivity contribution >= 4 is 15.8 Å². The van der Waals surface area contributed by atoms with Crippen molar-refractivity contribution in [1.29, 1.82) is 0 Å². The lowest BCUT2D eigenvalue weighted by Crippen LogP contribution is -2.43. The third kappa shape index (κ3) is 8.59. The molecule has 0 aromatic heterocycles. The summed E-state index contributed by atoms with van der Waals surface area (Å²) in [5.74, 6) is 1.37. The molecule has 23 heavy (non-hydrogen) atoms. The first-order valence-electron chi connectivity index (χ1n) is 8.01. The van der Waals surface area contributed by atoms with Crippen LogP contribution in [0, 0.1) is 0 Å². The van der Waals surface area contributed by atoms with Crippen LogP contribution in [0.25, 0.3) is 0 Å². The van der Waals surface area contributed by atoms with E-state index in [9.17, 15) is 8.42 Å². The van der Waals surface area contributed by atoms with Crippen molar-refractivity contribution in [2.45, 2.75) is 38.6 Å². The van der Waals surface area contributed by atoms with Gasteiger partial charge in [0.15, 0.2) is 5.96 Å². The van der Waals surface area contributed by atoms with E-state index in [1.807, 2.05) is 13.0 Å². The average Bonchev–Trinajstić information content (AvgIpc) is 2.52. The Balaban J connectivity index is 2.34. The van der Waals surface area contributed by atoms with Gasteiger partial charge in [-0.3, -0.25) is 4.99 Å². The van der Waals surface area contributed by atoms with Crippen LogP contribution in [0.1, 0.15) is 38.2 Å². The molecule has 2 unspecified atom stereocenters. The van der Waals surface area contributed by atoms with Crippen LogP contribution in [-0.4, -0.2) is 46.0 Å². The molecular formula is C17H29N3O2S. The van der Waals surface area contributed by atoms with Crippen LogP contribution in [0.2, 0.25) is 0 Å². The number of hydrogen-bond acceptors (Lipinski definition) is 3. The topological polar surface area (TPSA) is 70.6 Å². The summed E-state index contributed by atoms with van der Waals surface area (Å²) in [6.07, 6.45) is 2.83. The Morgan fingerprint density at radius 2 is 1.83 bits per heavy atom. The minimum Gasteiger partial charge on any atom is -0.356 e. The molecule has 0 amide bonds. The molecule has 1 rings (SSSR count). The zero-order valence-electron chi connectivity index (χ0n) is 14.5. The van der Waals surface area contributed by atoms with Gasteiger partial charge in [0, 0.05) is 25.9 Å². The van der Waals surface area contributed by atoms with Crippen molar-refractivity contribution < 1.29 is 8.42 Å². The van der Waals surface area contributed by atoms with E-state index in [0.29, 0.717) is 18.3 Å². The number of nitrogens with one attached hydrogen (secondary N) is 2. The second-order valence-electron chi connectivity index (χ2n) is 6.06. The lowest BCUT2D eigenvalue weighted by atomic mass is 9.98. The summed E-state index contributed by atoms with van der Waals surface area (Å²) in [5, 5.41) is 6.51. The molecule has 0 aliphatic rings. The van der Waals surface area contributed by atoms with Crippen LogP contribution in [0.15, 0.2) is 35.3 Å². The van der Waals surface area contributed by atoms with E-state index in [0.717, 1.165) is 13.0 Å². The van der Waals surface area contributed by atoms with Crippen LogP contribution in [0.3, 0.4) is 0 Å². The van der Waals surface area contributed by atoms with Crippen LogP contribution in [-0.2, 0) is 9.84 Å². The number of nitrogens with zero attached hydrogens (tertiary/aromatic N) is 1. The highest BCUT2D eigenvalue weighted by atomic mass is 32.2. The third-order valence-corrected chi connectivity index (χ3v) is 4.74. The standard InChI is InChI=1S/C17H29N3O2S/c1-14(16-8-6-5-7-9-16)10-12-19-17(18-3)20-15(2)11-13-23(4,21)22/h5-9,14-15H,10-13H2,1-4H3,(H2,18,19,20). The minimum absolute atomic E-state index is 0.0578. The maximum atomic E-state index is 11.2. The van der Waals surface area contributed by atoms with E-state index in [1.165, 1.54) is 11.8 Å². The van der Waals surface area contributed by atoms with Crippen LogP contribution >= 0.6 is 0 Å². The Morgan fingerprint density at radius 1 is 1.17 bits per heavy atom. The molecule has 130 valence electrons. The SMILES string of the molecule is CN=C(NCCC(C)c1ccccc1)NC(C)CCS(C)(=O)=O. The van der Waals surface area contributed by atoms with E-state index >= 15 is 0 Å². The molecule has 0 heterocycles. The van der Waals surface area contributed by atoms with Crippen molar-refractivity contribution in [1.82, 2.24) is 10.6 Å². The molecule has 1 aromatic rings. The molecule has 0 radical (unpaired) electrons. The maximum absolute atomic E-state index is 11.2. The first-order valence-corrected chi connectivity index (χ1v) is 10.1. The van der Waals surface area contributed by atoms with Gasteiger partial charge in [-0.05, 0) is 31.2 Å². The Bertz CT molecular complexity index is 585. The van der Waals surface area contributed by atoms with Crippen molar-refractivity contribution in [3.05, 3.63) is 35.9 Å². The van der Waals surface area contributed by atoms with E-state index in [4.69, 9.17) is 0 Å². The zero-order chi connectivity index (χ0) is 17.3. The third-order valence-electron chi connectivity index (χ3n) is 3.77. The fraction of sp³-hybridized carbons (Fsp3) is 0.588. The molecule has 0 saturated heterocycles. The molecule has 5 nitrogen and oxygen atoms in total. The summed E-state index contributed by atoms with van der Waals surface area (Å²) in [6.45, 7) is 4.99. The first-order chi connectivity index (χ1) is 10.8. The van der Waals surface area contributed by atoms with Gasteiger partial charge in [0.05, 0.1) is 5.75 Å². The Labute approximate surface area is 140 Å². The number of hydrogen-bond donors (Lipinski definition) is 2. The summed E-state index contributed by atoms with van der Waals surface area (Å²) >= 11 is 0. The largest absolute Gasteiger partial charge is 0.356 e. The summed E-state index contributed by atoms with van der Waals surface area (Å²) < 4.78 is 22.4. The lowest BCUT2D eigenvalue weighted by molar-refractivity contribution is 0.578. The fourth-order valence-electron chi connectivity index (χ4n) is 2.25. The van der Waals surface area contributed by atoms with Crippen LogP contribution in [0.5, 0.6) is 0 Å². The number of rotatable bonds is 8. The molecule has 0 aliphatic carbocycles. The number of guanidine groups is 1. The van der Waals surface area contributed by atoms with E-state index in [2.05, 4.69) is 46.8 Å². The molecule has 1 aromatic carbocycles. The maximum Gasteiger partial charge on any atom is 0.191 e. The normalized spacial score (nSPS) is 15.0.